The Morgan fingerprint density at radius 1 is 1.50 bits per heavy atom. The monoisotopic (exact) mass is 183 g/mol. The second-order valence-electron chi connectivity index (χ2n) is 1.85. The van der Waals surface area contributed by atoms with Crippen LogP contribution in [0.1, 0.15) is 16.2 Å². The van der Waals surface area contributed by atoms with Gasteiger partial charge in [0, 0.05) is 6.07 Å². The second kappa shape index (κ2) is 2.58. The predicted molar refractivity (Wildman–Crippen MR) is 26.9 cm³/mol. The maximum atomic E-state index is 11.7. The van der Waals surface area contributed by atoms with Crippen molar-refractivity contribution >= 4 is 6.04 Å². The van der Waals surface area contributed by atoms with Crippen LogP contribution in [0, 0.1) is 0 Å². The third kappa shape index (κ3) is 1.60. The average Bonchev–Trinajstić information content (AvgIpc) is 2.30. The summed E-state index contributed by atoms with van der Waals surface area (Å²) in [5.41, 5.74) is -1.43. The number of hydrogen-bond acceptors (Lipinski definition) is 3. The van der Waals surface area contributed by atoms with Gasteiger partial charge in [0.2, 0.25) is 5.76 Å². The smallest absolute Gasteiger partial charge is 0.349 e. The summed E-state index contributed by atoms with van der Waals surface area (Å²) in [6, 6.07) is -1.89. The topological polar surface area (TPSA) is 43.1 Å². The Labute approximate surface area is 63.0 Å². The van der Waals surface area contributed by atoms with Crippen LogP contribution in [-0.4, -0.2) is 11.2 Å². The first-order valence-corrected chi connectivity index (χ1v) is 2.65. The largest absolute Gasteiger partial charge is 0.436 e. The normalized spacial score (nSPS) is 11.7. The molecule has 12 heavy (non-hydrogen) atoms. The molecule has 0 aliphatic carbocycles. The number of rotatable bonds is 1. The van der Waals surface area contributed by atoms with Gasteiger partial charge in [-0.2, -0.15) is 17.6 Å². The van der Waals surface area contributed by atoms with Crippen LogP contribution in [-0.2, 0) is 6.18 Å². The van der Waals surface area contributed by atoms with Gasteiger partial charge in [0.15, 0.2) is 5.69 Å². The van der Waals surface area contributed by atoms with Crippen molar-refractivity contribution in [1.82, 2.24) is 5.16 Å². The minimum atomic E-state index is -4.72. The molecular weight excluding hydrogens is 182 g/mol. The van der Waals surface area contributed by atoms with E-state index in [4.69, 9.17) is 0 Å². The molecule has 66 valence electrons. The van der Waals surface area contributed by atoms with Gasteiger partial charge in [-0.05, 0) is 0 Å². The lowest BCUT2D eigenvalue weighted by Gasteiger charge is -1.97. The molecule has 0 saturated heterocycles. The van der Waals surface area contributed by atoms with Crippen molar-refractivity contribution in [3.8, 4) is 0 Å². The average molecular weight is 183 g/mol. The minimum absolute atomic E-state index is 0.197. The third-order valence-electron chi connectivity index (χ3n) is 0.994. The van der Waals surface area contributed by atoms with Crippen molar-refractivity contribution in [2.24, 2.45) is 0 Å². The van der Waals surface area contributed by atoms with E-state index in [9.17, 15) is 22.4 Å². The first-order chi connectivity index (χ1) is 5.41. The molecule has 0 amide bonds. The molecule has 3 nitrogen and oxygen atoms in total. The van der Waals surface area contributed by atoms with E-state index in [0.29, 0.717) is 0 Å². The van der Waals surface area contributed by atoms with Crippen LogP contribution in [0.4, 0.5) is 17.6 Å². The molecule has 0 radical (unpaired) electrons. The van der Waals surface area contributed by atoms with E-state index in [1.165, 1.54) is 0 Å². The Morgan fingerprint density at radius 2 is 2.08 bits per heavy atom. The standard InChI is InChI=1S/C5HF4NO2/c6-4(11)2-1-3(10-12-2)5(7,8)9/h1H. The molecule has 1 rings (SSSR count). The molecule has 0 bridgehead atoms. The van der Waals surface area contributed by atoms with Crippen LogP contribution in [0.25, 0.3) is 0 Å². The number of hydrogen-bond donors (Lipinski definition) is 0. The molecule has 0 aliphatic rings. The number of carbonyl (C=O) groups excluding carboxylic acids is 1. The minimum Gasteiger partial charge on any atom is -0.349 e. The quantitative estimate of drug-likeness (QED) is 0.492. The molecule has 7 heteroatoms. The van der Waals surface area contributed by atoms with Gasteiger partial charge in [0.1, 0.15) is 0 Å². The van der Waals surface area contributed by atoms with E-state index in [1.54, 1.807) is 0 Å². The van der Waals surface area contributed by atoms with Gasteiger partial charge in [0.25, 0.3) is 0 Å². The summed E-state index contributed by atoms with van der Waals surface area (Å²) in [5, 5.41) is 2.45. The molecular formula is C5HF4NO2. The van der Waals surface area contributed by atoms with Crippen molar-refractivity contribution < 1.29 is 26.9 Å². The highest BCUT2D eigenvalue weighted by atomic mass is 19.4. The van der Waals surface area contributed by atoms with Gasteiger partial charge < -0.3 is 4.52 Å². The highest BCUT2D eigenvalue weighted by Gasteiger charge is 2.35. The fourth-order valence-electron chi connectivity index (χ4n) is 0.501. The molecule has 0 spiro atoms. The zero-order chi connectivity index (χ0) is 9.35. The summed E-state index contributed by atoms with van der Waals surface area (Å²) in [4.78, 5) is 9.82. The Morgan fingerprint density at radius 3 is 2.33 bits per heavy atom. The predicted octanol–water partition coefficient (Wildman–Crippen LogP) is 1.80. The molecule has 0 saturated carbocycles. The number of nitrogens with zero attached hydrogens (tertiary/aromatic N) is 1. The highest BCUT2D eigenvalue weighted by molar-refractivity contribution is 5.85. The molecule has 0 fully saturated rings. The molecule has 0 unspecified atom stereocenters. The Balaban J connectivity index is 3.00. The third-order valence-corrected chi connectivity index (χ3v) is 0.994. The molecule has 0 atom stereocenters. The van der Waals surface area contributed by atoms with Crippen LogP contribution in [0.15, 0.2) is 10.6 Å². The number of aromatic nitrogens is 1. The van der Waals surface area contributed by atoms with E-state index in [2.05, 4.69) is 9.68 Å². The van der Waals surface area contributed by atoms with E-state index in [1.807, 2.05) is 0 Å². The van der Waals surface area contributed by atoms with Crippen LogP contribution in [0.5, 0.6) is 0 Å². The SMILES string of the molecule is O=C(F)c1cc(C(F)(F)F)no1. The Bertz CT molecular complexity index is 303. The lowest BCUT2D eigenvalue weighted by atomic mass is 10.4. The van der Waals surface area contributed by atoms with Gasteiger partial charge in [-0.25, -0.2) is 0 Å². The molecule has 1 heterocycles. The first-order valence-electron chi connectivity index (χ1n) is 2.65. The van der Waals surface area contributed by atoms with Crippen LogP contribution in [0.2, 0.25) is 0 Å². The summed E-state index contributed by atoms with van der Waals surface area (Å²) in [5.74, 6) is -1.05. The highest BCUT2D eigenvalue weighted by Crippen LogP contribution is 2.28. The van der Waals surface area contributed by atoms with E-state index >= 15 is 0 Å². The summed E-state index contributed by atoms with van der Waals surface area (Å²) < 4.78 is 50.6. The molecule has 1 aromatic heterocycles. The number of alkyl halides is 3. The van der Waals surface area contributed by atoms with Gasteiger partial charge in [-0.3, -0.25) is 4.79 Å². The van der Waals surface area contributed by atoms with Gasteiger partial charge in [-0.1, -0.05) is 5.16 Å². The van der Waals surface area contributed by atoms with Crippen molar-refractivity contribution in [2.75, 3.05) is 0 Å². The zero-order valence-electron chi connectivity index (χ0n) is 5.35. The van der Waals surface area contributed by atoms with Crippen LogP contribution in [0.3, 0.4) is 0 Å². The van der Waals surface area contributed by atoms with E-state index < -0.39 is 23.7 Å². The summed E-state index contributed by atoms with van der Waals surface area (Å²) in [6.45, 7) is 0. The van der Waals surface area contributed by atoms with E-state index in [0.717, 1.165) is 0 Å². The lowest BCUT2D eigenvalue weighted by Crippen LogP contribution is -2.04. The molecule has 0 aliphatic heterocycles. The van der Waals surface area contributed by atoms with Crippen LogP contribution < -0.4 is 0 Å². The van der Waals surface area contributed by atoms with Crippen molar-refractivity contribution in [3.63, 3.8) is 0 Å². The van der Waals surface area contributed by atoms with Crippen LogP contribution >= 0.6 is 0 Å². The van der Waals surface area contributed by atoms with Crippen molar-refractivity contribution in [2.45, 2.75) is 6.18 Å². The maximum absolute atomic E-state index is 11.7. The Hall–Kier alpha value is -1.40. The molecule has 0 N–H and O–H groups in total. The summed E-state index contributed by atoms with van der Waals surface area (Å²) >= 11 is 0. The zero-order valence-corrected chi connectivity index (χ0v) is 5.35. The second-order valence-corrected chi connectivity index (χ2v) is 1.85. The van der Waals surface area contributed by atoms with Gasteiger partial charge in [0.05, 0.1) is 0 Å². The maximum Gasteiger partial charge on any atom is 0.436 e. The van der Waals surface area contributed by atoms with Gasteiger partial charge >= 0.3 is 12.2 Å². The summed E-state index contributed by atoms with van der Waals surface area (Å²) in [6.07, 6.45) is -4.72. The molecule has 0 aromatic carbocycles. The summed E-state index contributed by atoms with van der Waals surface area (Å²) in [7, 11) is 0. The van der Waals surface area contributed by atoms with Gasteiger partial charge in [-0.15, -0.1) is 0 Å². The fourth-order valence-corrected chi connectivity index (χ4v) is 0.501. The van der Waals surface area contributed by atoms with E-state index in [-0.39, 0.29) is 6.07 Å². The first kappa shape index (κ1) is 8.69. The molecule has 1 aromatic rings. The van der Waals surface area contributed by atoms with Crippen molar-refractivity contribution in [1.29, 1.82) is 0 Å². The van der Waals surface area contributed by atoms with Crippen molar-refractivity contribution in [3.05, 3.63) is 17.5 Å². The Kier molecular flexibility index (Phi) is 1.87. The number of carbonyl (C=O) groups is 1. The number of halogens is 4. The fraction of sp³-hybridized carbons (Fsp3) is 0.200. The lowest BCUT2D eigenvalue weighted by molar-refractivity contribution is -0.142.